The molecule has 2 atom stereocenters. The molecule has 1 N–H and O–H groups in total. The fraction of sp³-hybridized carbons (Fsp3) is 0.533. The van der Waals surface area contributed by atoms with Crippen LogP contribution in [-0.2, 0) is 5.75 Å². The van der Waals surface area contributed by atoms with Crippen molar-refractivity contribution in [2.45, 2.75) is 31.7 Å². The standard InChI is InChI=1S/C15H22N2OS/c1-11-8-17(9-12(2)16-11)15(18)14-6-4-13(5-7-14)10-19-3/h4-7,11-12,16H,8-10H2,1-3H3/t11-,12+. The minimum atomic E-state index is 0.149. The molecule has 19 heavy (non-hydrogen) atoms. The van der Waals surface area contributed by atoms with Crippen LogP contribution >= 0.6 is 11.8 Å². The highest BCUT2D eigenvalue weighted by Gasteiger charge is 2.25. The Bertz CT molecular complexity index is 422. The van der Waals surface area contributed by atoms with Crippen molar-refractivity contribution in [1.29, 1.82) is 0 Å². The van der Waals surface area contributed by atoms with Gasteiger partial charge in [-0.05, 0) is 37.8 Å². The Morgan fingerprint density at radius 3 is 2.37 bits per heavy atom. The van der Waals surface area contributed by atoms with E-state index in [1.165, 1.54) is 5.56 Å². The lowest BCUT2D eigenvalue weighted by Crippen LogP contribution is -2.55. The smallest absolute Gasteiger partial charge is 0.253 e. The first-order chi connectivity index (χ1) is 9.10. The molecule has 1 aromatic carbocycles. The lowest BCUT2D eigenvalue weighted by molar-refractivity contribution is 0.0674. The molecule has 0 radical (unpaired) electrons. The summed E-state index contributed by atoms with van der Waals surface area (Å²) < 4.78 is 0. The summed E-state index contributed by atoms with van der Waals surface area (Å²) in [6.07, 6.45) is 2.09. The quantitative estimate of drug-likeness (QED) is 0.921. The van der Waals surface area contributed by atoms with E-state index in [2.05, 4.69) is 37.6 Å². The molecule has 2 rings (SSSR count). The minimum Gasteiger partial charge on any atom is -0.336 e. The maximum Gasteiger partial charge on any atom is 0.253 e. The third kappa shape index (κ3) is 3.74. The molecule has 1 aromatic rings. The molecule has 0 spiro atoms. The largest absolute Gasteiger partial charge is 0.336 e. The van der Waals surface area contributed by atoms with Gasteiger partial charge in [-0.2, -0.15) is 11.8 Å². The second-order valence-corrected chi connectivity index (χ2v) is 6.17. The predicted octanol–water partition coefficient (Wildman–Crippen LogP) is 2.37. The van der Waals surface area contributed by atoms with Crippen molar-refractivity contribution in [1.82, 2.24) is 10.2 Å². The molecule has 0 aromatic heterocycles. The Hall–Kier alpha value is -1.00. The van der Waals surface area contributed by atoms with E-state index in [4.69, 9.17) is 0 Å². The molecule has 0 aliphatic carbocycles. The lowest BCUT2D eigenvalue weighted by atomic mass is 10.1. The van der Waals surface area contributed by atoms with Crippen LogP contribution in [0.25, 0.3) is 0 Å². The number of benzene rings is 1. The summed E-state index contributed by atoms with van der Waals surface area (Å²) in [5, 5.41) is 3.44. The van der Waals surface area contributed by atoms with Gasteiger partial charge in [-0.25, -0.2) is 0 Å². The molecule has 4 heteroatoms. The van der Waals surface area contributed by atoms with Gasteiger partial charge >= 0.3 is 0 Å². The van der Waals surface area contributed by atoms with Gasteiger partial charge in [-0.3, -0.25) is 4.79 Å². The van der Waals surface area contributed by atoms with Gasteiger partial charge in [0.05, 0.1) is 0 Å². The molecule has 3 nitrogen and oxygen atoms in total. The second kappa shape index (κ2) is 6.44. The summed E-state index contributed by atoms with van der Waals surface area (Å²) in [5.41, 5.74) is 2.07. The molecule has 1 saturated heterocycles. The highest BCUT2D eigenvalue weighted by atomic mass is 32.2. The topological polar surface area (TPSA) is 32.3 Å². The van der Waals surface area contributed by atoms with E-state index in [0.29, 0.717) is 12.1 Å². The highest BCUT2D eigenvalue weighted by molar-refractivity contribution is 7.97. The van der Waals surface area contributed by atoms with Crippen molar-refractivity contribution in [3.8, 4) is 0 Å². The second-order valence-electron chi connectivity index (χ2n) is 5.31. The first-order valence-corrected chi connectivity index (χ1v) is 8.12. The Morgan fingerprint density at radius 1 is 1.26 bits per heavy atom. The average Bonchev–Trinajstić information content (AvgIpc) is 2.38. The van der Waals surface area contributed by atoms with Crippen LogP contribution in [-0.4, -0.2) is 42.2 Å². The maximum atomic E-state index is 12.5. The van der Waals surface area contributed by atoms with Crippen molar-refractivity contribution in [2.75, 3.05) is 19.3 Å². The van der Waals surface area contributed by atoms with Crippen molar-refractivity contribution in [3.63, 3.8) is 0 Å². The van der Waals surface area contributed by atoms with E-state index in [9.17, 15) is 4.79 Å². The Kier molecular flexibility index (Phi) is 4.88. The van der Waals surface area contributed by atoms with E-state index in [1.807, 2.05) is 17.0 Å². The number of rotatable bonds is 3. The fourth-order valence-corrected chi connectivity index (χ4v) is 3.11. The highest BCUT2D eigenvalue weighted by Crippen LogP contribution is 2.14. The molecule has 0 unspecified atom stereocenters. The first kappa shape index (κ1) is 14.4. The zero-order chi connectivity index (χ0) is 13.8. The van der Waals surface area contributed by atoms with Gasteiger partial charge in [0.2, 0.25) is 0 Å². The van der Waals surface area contributed by atoms with Crippen molar-refractivity contribution >= 4 is 17.7 Å². The number of nitrogens with zero attached hydrogens (tertiary/aromatic N) is 1. The number of carbonyl (C=O) groups is 1. The molecular formula is C15H22N2OS. The minimum absolute atomic E-state index is 0.149. The lowest BCUT2D eigenvalue weighted by Gasteiger charge is -2.36. The maximum absolute atomic E-state index is 12.5. The van der Waals surface area contributed by atoms with Gasteiger partial charge in [0.1, 0.15) is 0 Å². The van der Waals surface area contributed by atoms with Gasteiger partial charge in [-0.15, -0.1) is 0 Å². The van der Waals surface area contributed by atoms with Gasteiger partial charge < -0.3 is 10.2 Å². The summed E-state index contributed by atoms with van der Waals surface area (Å²) >= 11 is 1.79. The van der Waals surface area contributed by atoms with Crippen LogP contribution in [0.2, 0.25) is 0 Å². The molecule has 1 heterocycles. The summed E-state index contributed by atoms with van der Waals surface area (Å²) in [6, 6.07) is 8.74. The molecule has 104 valence electrons. The summed E-state index contributed by atoms with van der Waals surface area (Å²) in [5.74, 6) is 1.15. The number of hydrogen-bond acceptors (Lipinski definition) is 3. The predicted molar refractivity (Wildman–Crippen MR) is 81.6 cm³/mol. The zero-order valence-corrected chi connectivity index (χ0v) is 12.7. The summed E-state index contributed by atoms with van der Waals surface area (Å²) in [4.78, 5) is 14.4. The molecule has 1 amide bonds. The normalized spacial score (nSPS) is 23.4. The van der Waals surface area contributed by atoms with Crippen LogP contribution < -0.4 is 5.32 Å². The molecule has 0 saturated carbocycles. The number of carbonyl (C=O) groups excluding carboxylic acids is 1. The van der Waals surface area contributed by atoms with Gasteiger partial charge in [0.15, 0.2) is 0 Å². The van der Waals surface area contributed by atoms with Crippen LogP contribution in [0, 0.1) is 0 Å². The summed E-state index contributed by atoms with van der Waals surface area (Å²) in [7, 11) is 0. The number of amides is 1. The zero-order valence-electron chi connectivity index (χ0n) is 11.8. The molecule has 1 fully saturated rings. The van der Waals surface area contributed by atoms with Gasteiger partial charge in [0.25, 0.3) is 5.91 Å². The van der Waals surface area contributed by atoms with Gasteiger partial charge in [0, 0.05) is 36.5 Å². The van der Waals surface area contributed by atoms with Crippen molar-refractivity contribution in [3.05, 3.63) is 35.4 Å². The van der Waals surface area contributed by atoms with Crippen LogP contribution in [0.4, 0.5) is 0 Å². The number of thioether (sulfide) groups is 1. The van der Waals surface area contributed by atoms with Crippen molar-refractivity contribution in [2.24, 2.45) is 0 Å². The number of nitrogens with one attached hydrogen (secondary N) is 1. The Labute approximate surface area is 119 Å². The third-order valence-electron chi connectivity index (χ3n) is 3.36. The molecule has 1 aliphatic rings. The molecule has 0 bridgehead atoms. The van der Waals surface area contributed by atoms with E-state index in [-0.39, 0.29) is 5.91 Å². The summed E-state index contributed by atoms with van der Waals surface area (Å²) in [6.45, 7) is 5.82. The Balaban J connectivity index is 2.06. The van der Waals surface area contributed by atoms with E-state index >= 15 is 0 Å². The van der Waals surface area contributed by atoms with Gasteiger partial charge in [-0.1, -0.05) is 12.1 Å². The van der Waals surface area contributed by atoms with Crippen LogP contribution in [0.5, 0.6) is 0 Å². The Morgan fingerprint density at radius 2 is 1.84 bits per heavy atom. The van der Waals surface area contributed by atoms with Crippen molar-refractivity contribution < 1.29 is 4.79 Å². The molecular weight excluding hydrogens is 256 g/mol. The SMILES string of the molecule is CSCc1ccc(C(=O)N2C[C@@H](C)N[C@@H](C)C2)cc1. The first-order valence-electron chi connectivity index (χ1n) is 6.73. The number of hydrogen-bond donors (Lipinski definition) is 1. The number of piperazine rings is 1. The van der Waals surface area contributed by atoms with E-state index < -0.39 is 0 Å². The van der Waals surface area contributed by atoms with E-state index in [0.717, 1.165) is 24.4 Å². The average molecular weight is 278 g/mol. The van der Waals surface area contributed by atoms with Crippen LogP contribution in [0.3, 0.4) is 0 Å². The fourth-order valence-electron chi connectivity index (χ4n) is 2.59. The molecule has 1 aliphatic heterocycles. The van der Waals surface area contributed by atoms with Crippen LogP contribution in [0.1, 0.15) is 29.8 Å². The monoisotopic (exact) mass is 278 g/mol. The van der Waals surface area contributed by atoms with Crippen LogP contribution in [0.15, 0.2) is 24.3 Å². The third-order valence-corrected chi connectivity index (χ3v) is 3.98. The van der Waals surface area contributed by atoms with E-state index in [1.54, 1.807) is 11.8 Å².